The van der Waals surface area contributed by atoms with E-state index in [2.05, 4.69) is 33.8 Å². The molecule has 32 heavy (non-hydrogen) atoms. The highest BCUT2D eigenvalue weighted by atomic mass is 32.2. The highest BCUT2D eigenvalue weighted by Crippen LogP contribution is 2.24. The first-order chi connectivity index (χ1) is 15.3. The first-order valence-corrected chi connectivity index (χ1v) is 11.0. The summed E-state index contributed by atoms with van der Waals surface area (Å²) in [6.45, 7) is 6.17. The van der Waals surface area contributed by atoms with E-state index < -0.39 is 6.36 Å². The predicted octanol–water partition coefficient (Wildman–Crippen LogP) is 6.69. The second-order valence-corrected chi connectivity index (χ2v) is 7.82. The van der Waals surface area contributed by atoms with Gasteiger partial charge in [0.15, 0.2) is 5.17 Å². The Labute approximate surface area is 191 Å². The second-order valence-electron chi connectivity index (χ2n) is 6.86. The molecular weight excluding hydrogens is 433 g/mol. The lowest BCUT2D eigenvalue weighted by atomic mass is 9.99. The number of allylic oxidation sites excluding steroid dienone is 3. The monoisotopic (exact) mass is 460 g/mol. The van der Waals surface area contributed by atoms with Gasteiger partial charge in [-0.25, -0.2) is 0 Å². The lowest BCUT2D eigenvalue weighted by molar-refractivity contribution is -0.274. The Hall–Kier alpha value is -2.93. The molecule has 0 radical (unpaired) electrons. The van der Waals surface area contributed by atoms with Crippen LogP contribution in [0.25, 0.3) is 0 Å². The molecule has 1 N–H and O–H groups in total. The van der Waals surface area contributed by atoms with Gasteiger partial charge in [-0.15, -0.1) is 13.2 Å². The van der Waals surface area contributed by atoms with Crippen LogP contribution in [0.3, 0.4) is 0 Å². The molecule has 0 aromatic heterocycles. The number of hydrogen-bond acceptors (Lipinski definition) is 3. The summed E-state index contributed by atoms with van der Waals surface area (Å²) in [5.41, 5.74) is 2.95. The SMILES string of the molecule is C=C(/C=C\C=C/C)[C@H](Cc1ccccc1)NC(=NC)SCc1ccc(OC(F)(F)F)cc1. The minimum absolute atomic E-state index is 0.0623. The van der Waals surface area contributed by atoms with Crippen molar-refractivity contribution in [3.05, 3.63) is 102 Å². The van der Waals surface area contributed by atoms with Gasteiger partial charge in [-0.05, 0) is 42.2 Å². The van der Waals surface area contributed by atoms with Gasteiger partial charge in [-0.2, -0.15) is 0 Å². The van der Waals surface area contributed by atoms with E-state index in [1.165, 1.54) is 29.5 Å². The lowest BCUT2D eigenvalue weighted by Gasteiger charge is -2.21. The minimum Gasteiger partial charge on any atom is -0.406 e. The van der Waals surface area contributed by atoms with Gasteiger partial charge in [0.2, 0.25) is 0 Å². The topological polar surface area (TPSA) is 33.6 Å². The first kappa shape index (κ1) is 25.3. The largest absolute Gasteiger partial charge is 0.573 e. The molecule has 2 aromatic rings. The molecule has 0 heterocycles. The molecule has 0 amide bonds. The number of halogens is 3. The Morgan fingerprint density at radius 3 is 2.38 bits per heavy atom. The summed E-state index contributed by atoms with van der Waals surface area (Å²) in [5, 5.41) is 4.18. The third-order valence-corrected chi connectivity index (χ3v) is 5.43. The summed E-state index contributed by atoms with van der Waals surface area (Å²) in [6, 6.07) is 15.9. The van der Waals surface area contributed by atoms with E-state index in [-0.39, 0.29) is 11.8 Å². The average Bonchev–Trinajstić information content (AvgIpc) is 2.76. The van der Waals surface area contributed by atoms with Gasteiger partial charge in [0.1, 0.15) is 5.75 Å². The highest BCUT2D eigenvalue weighted by molar-refractivity contribution is 8.13. The molecule has 0 spiro atoms. The molecule has 0 aliphatic rings. The maximum Gasteiger partial charge on any atom is 0.573 e. The van der Waals surface area contributed by atoms with Crippen LogP contribution in [0, 0.1) is 0 Å². The Morgan fingerprint density at radius 2 is 1.78 bits per heavy atom. The number of amidine groups is 1. The molecule has 0 unspecified atom stereocenters. The van der Waals surface area contributed by atoms with Crippen LogP contribution in [-0.4, -0.2) is 24.6 Å². The number of benzene rings is 2. The van der Waals surface area contributed by atoms with Gasteiger partial charge in [0.05, 0.1) is 6.04 Å². The third-order valence-electron chi connectivity index (χ3n) is 4.38. The molecule has 7 heteroatoms. The third kappa shape index (κ3) is 9.47. The van der Waals surface area contributed by atoms with E-state index in [0.29, 0.717) is 5.75 Å². The zero-order valence-electron chi connectivity index (χ0n) is 18.1. The molecular formula is C25H27F3N2OS. The molecule has 0 fully saturated rings. The van der Waals surface area contributed by atoms with Crippen molar-refractivity contribution in [3.8, 4) is 5.75 Å². The number of nitrogens with zero attached hydrogens (tertiary/aromatic N) is 1. The molecule has 2 rings (SSSR count). The van der Waals surface area contributed by atoms with E-state index in [9.17, 15) is 13.2 Å². The molecule has 0 bridgehead atoms. The number of nitrogens with one attached hydrogen (secondary N) is 1. The second kappa shape index (κ2) is 12.8. The molecule has 0 saturated heterocycles. The van der Waals surface area contributed by atoms with E-state index in [4.69, 9.17) is 0 Å². The minimum atomic E-state index is -4.69. The van der Waals surface area contributed by atoms with Crippen molar-refractivity contribution in [2.24, 2.45) is 4.99 Å². The summed E-state index contributed by atoms with van der Waals surface area (Å²) in [5.74, 6) is 0.311. The maximum absolute atomic E-state index is 12.3. The van der Waals surface area contributed by atoms with Gasteiger partial charge < -0.3 is 10.1 Å². The molecule has 2 aromatic carbocycles. The van der Waals surface area contributed by atoms with Gasteiger partial charge in [0.25, 0.3) is 0 Å². The van der Waals surface area contributed by atoms with Crippen molar-refractivity contribution in [1.29, 1.82) is 0 Å². The molecule has 0 aliphatic carbocycles. The van der Waals surface area contributed by atoms with Crippen molar-refractivity contribution in [1.82, 2.24) is 5.32 Å². The van der Waals surface area contributed by atoms with Crippen LogP contribution in [0.15, 0.2) is 96.0 Å². The Kier molecular flexibility index (Phi) is 10.1. The van der Waals surface area contributed by atoms with Crippen molar-refractivity contribution < 1.29 is 17.9 Å². The fraction of sp³-hybridized carbons (Fsp3) is 0.240. The van der Waals surface area contributed by atoms with Gasteiger partial charge in [-0.3, -0.25) is 4.99 Å². The van der Waals surface area contributed by atoms with Crippen molar-refractivity contribution in [3.63, 3.8) is 0 Å². The lowest BCUT2D eigenvalue weighted by Crippen LogP contribution is -2.36. The standard InChI is InChI=1S/C25H27F3N2OS/c1-4-5-7-10-19(2)23(17-20-11-8-6-9-12-20)30-24(29-3)32-18-21-13-15-22(16-14-21)31-25(26,27)28/h4-16,23H,2,17-18H2,1,3H3,(H,29,30)/b5-4-,10-7-/t23-/m0/s1. The van der Waals surface area contributed by atoms with Crippen LogP contribution < -0.4 is 10.1 Å². The van der Waals surface area contributed by atoms with Gasteiger partial charge in [0, 0.05) is 12.8 Å². The van der Waals surface area contributed by atoms with Gasteiger partial charge in [-0.1, -0.05) is 85.1 Å². The van der Waals surface area contributed by atoms with Crippen LogP contribution in [0.2, 0.25) is 0 Å². The molecule has 0 aliphatic heterocycles. The normalized spacial score (nSPS) is 13.5. The first-order valence-electron chi connectivity index (χ1n) is 10.0. The number of hydrogen-bond donors (Lipinski definition) is 1. The van der Waals surface area contributed by atoms with Crippen LogP contribution >= 0.6 is 11.8 Å². The highest BCUT2D eigenvalue weighted by Gasteiger charge is 2.30. The number of ether oxygens (including phenoxy) is 1. The van der Waals surface area contributed by atoms with E-state index in [1.807, 2.05) is 49.4 Å². The van der Waals surface area contributed by atoms with Crippen LogP contribution in [0.5, 0.6) is 5.75 Å². The van der Waals surface area contributed by atoms with E-state index in [0.717, 1.165) is 22.7 Å². The van der Waals surface area contributed by atoms with Crippen LogP contribution in [0.4, 0.5) is 13.2 Å². The summed E-state index contributed by atoms with van der Waals surface area (Å²) in [7, 11) is 1.70. The smallest absolute Gasteiger partial charge is 0.406 e. The molecule has 1 atom stereocenters. The summed E-state index contributed by atoms with van der Waals surface area (Å²) >= 11 is 1.47. The van der Waals surface area contributed by atoms with Gasteiger partial charge >= 0.3 is 6.36 Å². The summed E-state index contributed by atoms with van der Waals surface area (Å²) in [6.07, 6.45) is 3.85. The number of rotatable bonds is 9. The summed E-state index contributed by atoms with van der Waals surface area (Å²) < 4.78 is 40.9. The van der Waals surface area contributed by atoms with Crippen molar-refractivity contribution in [2.45, 2.75) is 31.5 Å². The van der Waals surface area contributed by atoms with Crippen LogP contribution in [-0.2, 0) is 12.2 Å². The fourth-order valence-electron chi connectivity index (χ4n) is 2.79. The number of thioether (sulfide) groups is 1. The summed E-state index contributed by atoms with van der Waals surface area (Å²) in [4.78, 5) is 4.35. The van der Waals surface area contributed by atoms with E-state index in [1.54, 1.807) is 19.2 Å². The molecule has 0 saturated carbocycles. The molecule has 3 nitrogen and oxygen atoms in total. The Morgan fingerprint density at radius 1 is 1.09 bits per heavy atom. The Balaban J connectivity index is 2.03. The Bertz CT molecular complexity index is 936. The van der Waals surface area contributed by atoms with Crippen molar-refractivity contribution >= 4 is 16.9 Å². The maximum atomic E-state index is 12.3. The quantitative estimate of drug-likeness (QED) is 0.257. The average molecular weight is 461 g/mol. The fourth-order valence-corrected chi connectivity index (χ4v) is 3.64. The number of alkyl halides is 3. The zero-order valence-corrected chi connectivity index (χ0v) is 18.9. The molecule has 170 valence electrons. The van der Waals surface area contributed by atoms with E-state index >= 15 is 0 Å². The van der Waals surface area contributed by atoms with Crippen LogP contribution in [0.1, 0.15) is 18.1 Å². The zero-order chi connectivity index (χ0) is 23.4. The van der Waals surface area contributed by atoms with Crippen molar-refractivity contribution in [2.75, 3.05) is 7.05 Å². The number of aliphatic imine (C=N–C) groups is 1. The predicted molar refractivity (Wildman–Crippen MR) is 128 cm³/mol.